The van der Waals surface area contributed by atoms with E-state index in [4.69, 9.17) is 0 Å². The van der Waals surface area contributed by atoms with Crippen molar-refractivity contribution in [3.63, 3.8) is 0 Å². The Hall–Kier alpha value is -1.88. The molecule has 1 saturated heterocycles. The second-order valence-corrected chi connectivity index (χ2v) is 9.20. The van der Waals surface area contributed by atoms with Gasteiger partial charge in [0.25, 0.3) is 5.91 Å². The van der Waals surface area contributed by atoms with Crippen LogP contribution in [0.15, 0.2) is 42.5 Å². The molecule has 4 nitrogen and oxygen atoms in total. The standard InChI is InChI=1S/C19H23NO3S/c1-14(2)12-20(18-9-10-24(22,23)13-18)19(21)17-8-7-15-5-3-4-6-16(15)11-17/h3-8,11,14,18H,9-10,12-13H2,1-2H3/t18-/m0/s1. The van der Waals surface area contributed by atoms with Gasteiger partial charge in [0.15, 0.2) is 9.84 Å². The summed E-state index contributed by atoms with van der Waals surface area (Å²) >= 11 is 0. The maximum Gasteiger partial charge on any atom is 0.254 e. The van der Waals surface area contributed by atoms with Gasteiger partial charge < -0.3 is 4.90 Å². The van der Waals surface area contributed by atoms with Gasteiger partial charge in [-0.05, 0) is 35.2 Å². The molecule has 128 valence electrons. The van der Waals surface area contributed by atoms with Crippen LogP contribution < -0.4 is 0 Å². The number of carbonyl (C=O) groups excluding carboxylic acids is 1. The molecular formula is C19H23NO3S. The smallest absolute Gasteiger partial charge is 0.254 e. The van der Waals surface area contributed by atoms with Gasteiger partial charge in [-0.2, -0.15) is 0 Å². The molecule has 1 fully saturated rings. The van der Waals surface area contributed by atoms with Crippen molar-refractivity contribution in [3.05, 3.63) is 48.0 Å². The van der Waals surface area contributed by atoms with Gasteiger partial charge in [0, 0.05) is 18.2 Å². The highest BCUT2D eigenvalue weighted by Gasteiger charge is 2.35. The number of nitrogens with zero attached hydrogens (tertiary/aromatic N) is 1. The zero-order valence-corrected chi connectivity index (χ0v) is 14.9. The van der Waals surface area contributed by atoms with Crippen LogP contribution in [0.3, 0.4) is 0 Å². The number of benzene rings is 2. The third-order valence-corrected chi connectivity index (χ3v) is 6.22. The van der Waals surface area contributed by atoms with E-state index < -0.39 is 9.84 Å². The molecule has 0 aliphatic carbocycles. The highest BCUT2D eigenvalue weighted by atomic mass is 32.2. The molecule has 3 rings (SSSR count). The van der Waals surface area contributed by atoms with Crippen LogP contribution in [0.5, 0.6) is 0 Å². The largest absolute Gasteiger partial charge is 0.334 e. The Morgan fingerprint density at radius 2 is 1.88 bits per heavy atom. The fourth-order valence-electron chi connectivity index (χ4n) is 3.30. The molecule has 0 spiro atoms. The van der Waals surface area contributed by atoms with E-state index in [0.717, 1.165) is 10.8 Å². The molecule has 5 heteroatoms. The number of sulfone groups is 1. The maximum atomic E-state index is 13.1. The lowest BCUT2D eigenvalue weighted by molar-refractivity contribution is 0.0672. The summed E-state index contributed by atoms with van der Waals surface area (Å²) in [5.74, 6) is 0.477. The molecule has 2 aromatic rings. The summed E-state index contributed by atoms with van der Waals surface area (Å²) in [5.41, 5.74) is 0.624. The molecule has 24 heavy (non-hydrogen) atoms. The predicted molar refractivity (Wildman–Crippen MR) is 96.9 cm³/mol. The minimum absolute atomic E-state index is 0.0726. The van der Waals surface area contributed by atoms with E-state index in [-0.39, 0.29) is 29.4 Å². The first-order valence-corrected chi connectivity index (χ1v) is 10.2. The molecule has 1 aliphatic rings. The second-order valence-electron chi connectivity index (χ2n) is 6.97. The van der Waals surface area contributed by atoms with Crippen molar-refractivity contribution < 1.29 is 13.2 Å². The monoisotopic (exact) mass is 345 g/mol. The lowest BCUT2D eigenvalue weighted by Gasteiger charge is -2.30. The highest BCUT2D eigenvalue weighted by Crippen LogP contribution is 2.23. The number of hydrogen-bond donors (Lipinski definition) is 0. The van der Waals surface area contributed by atoms with Crippen molar-refractivity contribution in [3.8, 4) is 0 Å². The number of amides is 1. The topological polar surface area (TPSA) is 54.5 Å². The lowest BCUT2D eigenvalue weighted by Crippen LogP contribution is -2.43. The Bertz CT molecular complexity index is 858. The van der Waals surface area contributed by atoms with Gasteiger partial charge >= 0.3 is 0 Å². The van der Waals surface area contributed by atoms with Crippen LogP contribution in [0.4, 0.5) is 0 Å². The van der Waals surface area contributed by atoms with Crippen molar-refractivity contribution in [1.29, 1.82) is 0 Å². The summed E-state index contributed by atoms with van der Waals surface area (Å²) < 4.78 is 23.7. The van der Waals surface area contributed by atoms with E-state index in [1.165, 1.54) is 0 Å². The number of hydrogen-bond acceptors (Lipinski definition) is 3. The Kier molecular flexibility index (Phi) is 4.63. The van der Waals surface area contributed by atoms with E-state index in [1.54, 1.807) is 4.90 Å². The molecule has 1 amide bonds. The Morgan fingerprint density at radius 1 is 1.17 bits per heavy atom. The molecule has 0 unspecified atom stereocenters. The minimum atomic E-state index is -3.02. The van der Waals surface area contributed by atoms with E-state index in [1.807, 2.05) is 56.3 Å². The molecule has 1 heterocycles. The van der Waals surface area contributed by atoms with Gasteiger partial charge in [-0.3, -0.25) is 4.79 Å². The summed E-state index contributed by atoms with van der Waals surface area (Å²) in [6, 6.07) is 13.4. The average molecular weight is 345 g/mol. The molecule has 2 aromatic carbocycles. The van der Waals surface area contributed by atoms with E-state index in [9.17, 15) is 13.2 Å². The first kappa shape index (κ1) is 17.0. The van der Waals surface area contributed by atoms with Crippen molar-refractivity contribution in [1.82, 2.24) is 4.90 Å². The molecule has 1 aliphatic heterocycles. The predicted octanol–water partition coefficient (Wildman–Crippen LogP) is 3.13. The zero-order valence-electron chi connectivity index (χ0n) is 14.1. The molecule has 0 radical (unpaired) electrons. The Morgan fingerprint density at radius 3 is 2.50 bits per heavy atom. The van der Waals surface area contributed by atoms with Gasteiger partial charge in [0.05, 0.1) is 11.5 Å². The van der Waals surface area contributed by atoms with Crippen molar-refractivity contribution in [2.75, 3.05) is 18.1 Å². The number of carbonyl (C=O) groups is 1. The molecule has 0 aromatic heterocycles. The maximum absolute atomic E-state index is 13.1. The second kappa shape index (κ2) is 6.55. The van der Waals surface area contributed by atoms with Crippen molar-refractivity contribution >= 4 is 26.5 Å². The van der Waals surface area contributed by atoms with Crippen LogP contribution >= 0.6 is 0 Å². The van der Waals surface area contributed by atoms with Crippen LogP contribution in [0, 0.1) is 5.92 Å². The van der Waals surface area contributed by atoms with Gasteiger partial charge in [-0.15, -0.1) is 0 Å². The normalized spacial score (nSPS) is 19.7. The molecular weight excluding hydrogens is 322 g/mol. The average Bonchev–Trinajstić information content (AvgIpc) is 2.91. The number of fused-ring (bicyclic) bond motifs is 1. The fraction of sp³-hybridized carbons (Fsp3) is 0.421. The van der Waals surface area contributed by atoms with Gasteiger partial charge in [0.2, 0.25) is 0 Å². The van der Waals surface area contributed by atoms with Crippen molar-refractivity contribution in [2.24, 2.45) is 5.92 Å². The van der Waals surface area contributed by atoms with Gasteiger partial charge in [-0.25, -0.2) is 8.42 Å². The molecule has 0 saturated carbocycles. The Balaban J connectivity index is 1.92. The first-order chi connectivity index (χ1) is 11.4. The zero-order chi connectivity index (χ0) is 17.3. The fourth-order valence-corrected chi connectivity index (χ4v) is 5.03. The van der Waals surface area contributed by atoms with Crippen LogP contribution in [-0.4, -0.2) is 43.3 Å². The molecule has 0 N–H and O–H groups in total. The van der Waals surface area contributed by atoms with Crippen LogP contribution in [0.2, 0.25) is 0 Å². The summed E-state index contributed by atoms with van der Waals surface area (Å²) in [6.45, 7) is 4.67. The first-order valence-electron chi connectivity index (χ1n) is 8.36. The summed E-state index contributed by atoms with van der Waals surface area (Å²) in [7, 11) is -3.02. The SMILES string of the molecule is CC(C)CN(C(=O)c1ccc2ccccc2c1)[C@H]1CCS(=O)(=O)C1. The number of rotatable bonds is 4. The van der Waals surface area contributed by atoms with E-state index in [2.05, 4.69) is 0 Å². The Labute approximate surface area is 143 Å². The van der Waals surface area contributed by atoms with Crippen molar-refractivity contribution in [2.45, 2.75) is 26.3 Å². The summed E-state index contributed by atoms with van der Waals surface area (Å²) in [5, 5.41) is 2.11. The summed E-state index contributed by atoms with van der Waals surface area (Å²) in [6.07, 6.45) is 0.536. The lowest BCUT2D eigenvalue weighted by atomic mass is 10.0. The van der Waals surface area contributed by atoms with Gasteiger partial charge in [-0.1, -0.05) is 44.2 Å². The summed E-state index contributed by atoms with van der Waals surface area (Å²) in [4.78, 5) is 14.8. The van der Waals surface area contributed by atoms with E-state index >= 15 is 0 Å². The van der Waals surface area contributed by atoms with Crippen LogP contribution in [0.1, 0.15) is 30.6 Å². The van der Waals surface area contributed by atoms with Gasteiger partial charge in [0.1, 0.15) is 0 Å². The highest BCUT2D eigenvalue weighted by molar-refractivity contribution is 7.91. The van der Waals surface area contributed by atoms with Crippen LogP contribution in [0.25, 0.3) is 10.8 Å². The van der Waals surface area contributed by atoms with E-state index in [0.29, 0.717) is 18.5 Å². The third-order valence-electron chi connectivity index (χ3n) is 4.47. The minimum Gasteiger partial charge on any atom is -0.334 e. The molecule has 1 atom stereocenters. The quantitative estimate of drug-likeness (QED) is 0.855. The third kappa shape index (κ3) is 3.61. The molecule has 0 bridgehead atoms. The van der Waals surface area contributed by atoms with Crippen LogP contribution in [-0.2, 0) is 9.84 Å².